The maximum Gasteiger partial charge on any atom is 0.208 e. The number of aromatic nitrogens is 2. The maximum absolute atomic E-state index is 13.2. The normalized spacial score (nSPS) is 11.2. The summed E-state index contributed by atoms with van der Waals surface area (Å²) in [5.74, 6) is 0.0782. The molecule has 7 heteroatoms. The number of phenolic OH excluding ortho intramolecular Hbond substituents is 1. The molecule has 6 nitrogen and oxygen atoms in total. The fourth-order valence-electron chi connectivity index (χ4n) is 3.39. The molecule has 0 bridgehead atoms. The summed E-state index contributed by atoms with van der Waals surface area (Å²) in [5, 5.41) is 22.8. The standard InChI is InChI=1S/C20H17FN2O4/c1-26-18-13-4-3-9-22-16(13)17(24)14-15(18)20(27-2)23(19(14)25)10-11-5-7-12(21)8-6-11/h3-9,24-25H,10H2,1-2H3. The second-order valence-corrected chi connectivity index (χ2v) is 6.08. The molecule has 0 atom stereocenters. The molecule has 0 saturated carbocycles. The van der Waals surface area contributed by atoms with Crippen LogP contribution in [0.3, 0.4) is 0 Å². The Hall–Kier alpha value is -3.48. The van der Waals surface area contributed by atoms with Gasteiger partial charge in [0.2, 0.25) is 11.8 Å². The molecule has 0 amide bonds. The van der Waals surface area contributed by atoms with E-state index in [-0.39, 0.29) is 29.4 Å². The number of hydrogen-bond acceptors (Lipinski definition) is 5. The van der Waals surface area contributed by atoms with Crippen molar-refractivity contribution in [2.24, 2.45) is 0 Å². The first-order valence-corrected chi connectivity index (χ1v) is 8.24. The minimum absolute atomic E-state index is 0.157. The first-order chi connectivity index (χ1) is 13.1. The van der Waals surface area contributed by atoms with E-state index < -0.39 is 0 Å². The number of aromatic hydroxyl groups is 2. The summed E-state index contributed by atoms with van der Waals surface area (Å²) in [5.41, 5.74) is 1.07. The van der Waals surface area contributed by atoms with E-state index in [0.717, 1.165) is 5.56 Å². The Morgan fingerprint density at radius 1 is 1.04 bits per heavy atom. The molecule has 0 unspecified atom stereocenters. The Morgan fingerprint density at radius 3 is 2.44 bits per heavy atom. The molecule has 0 fully saturated rings. The summed E-state index contributed by atoms with van der Waals surface area (Å²) in [6.45, 7) is 0.219. The molecule has 0 aliphatic heterocycles. The van der Waals surface area contributed by atoms with Gasteiger partial charge in [-0.15, -0.1) is 0 Å². The fraction of sp³-hybridized carbons (Fsp3) is 0.150. The van der Waals surface area contributed by atoms with E-state index in [4.69, 9.17) is 9.47 Å². The number of ether oxygens (including phenoxy) is 2. The van der Waals surface area contributed by atoms with Crippen molar-refractivity contribution in [2.75, 3.05) is 14.2 Å². The van der Waals surface area contributed by atoms with Crippen LogP contribution < -0.4 is 9.47 Å². The van der Waals surface area contributed by atoms with Gasteiger partial charge in [0, 0.05) is 11.6 Å². The minimum Gasteiger partial charge on any atom is -0.505 e. The summed E-state index contributed by atoms with van der Waals surface area (Å²) in [6.07, 6.45) is 1.55. The van der Waals surface area contributed by atoms with Gasteiger partial charge in [-0.25, -0.2) is 4.39 Å². The van der Waals surface area contributed by atoms with Crippen molar-refractivity contribution in [3.63, 3.8) is 0 Å². The topological polar surface area (TPSA) is 76.7 Å². The van der Waals surface area contributed by atoms with Gasteiger partial charge in [-0.3, -0.25) is 9.55 Å². The quantitative estimate of drug-likeness (QED) is 0.573. The SMILES string of the molecule is COc1c2cccnc2c(O)c2c(O)n(Cc3ccc(F)cc3)c(OC)c12. The molecule has 2 aromatic heterocycles. The number of phenols is 1. The fourth-order valence-corrected chi connectivity index (χ4v) is 3.39. The third-order valence-corrected chi connectivity index (χ3v) is 4.58. The van der Waals surface area contributed by atoms with Crippen molar-refractivity contribution in [1.82, 2.24) is 9.55 Å². The predicted octanol–water partition coefficient (Wildman–Crippen LogP) is 3.81. The van der Waals surface area contributed by atoms with Gasteiger partial charge >= 0.3 is 0 Å². The second kappa shape index (κ2) is 6.35. The van der Waals surface area contributed by atoms with E-state index in [0.29, 0.717) is 27.9 Å². The lowest BCUT2D eigenvalue weighted by atomic mass is 10.1. The van der Waals surface area contributed by atoms with Crippen LogP contribution in [-0.2, 0) is 6.54 Å². The van der Waals surface area contributed by atoms with Crippen molar-refractivity contribution in [3.8, 4) is 23.3 Å². The largest absolute Gasteiger partial charge is 0.505 e. The highest BCUT2D eigenvalue weighted by atomic mass is 19.1. The molecular weight excluding hydrogens is 351 g/mol. The van der Waals surface area contributed by atoms with Crippen LogP contribution in [0.15, 0.2) is 42.6 Å². The summed E-state index contributed by atoms with van der Waals surface area (Å²) in [6, 6.07) is 9.44. The van der Waals surface area contributed by atoms with E-state index in [1.54, 1.807) is 30.5 Å². The Labute approximate surface area is 154 Å². The Bertz CT molecular complexity index is 1150. The van der Waals surface area contributed by atoms with E-state index in [1.165, 1.54) is 30.9 Å². The number of fused-ring (bicyclic) bond motifs is 2. The van der Waals surface area contributed by atoms with Crippen molar-refractivity contribution in [1.29, 1.82) is 0 Å². The lowest BCUT2D eigenvalue weighted by Gasteiger charge is -2.11. The van der Waals surface area contributed by atoms with Gasteiger partial charge in [0.1, 0.15) is 17.1 Å². The smallest absolute Gasteiger partial charge is 0.208 e. The minimum atomic E-state index is -0.343. The second-order valence-electron chi connectivity index (χ2n) is 6.08. The molecule has 0 spiro atoms. The van der Waals surface area contributed by atoms with Crippen LogP contribution >= 0.6 is 0 Å². The number of pyridine rings is 1. The van der Waals surface area contributed by atoms with Crippen LogP contribution in [0.1, 0.15) is 5.56 Å². The van der Waals surface area contributed by atoms with Crippen LogP contribution in [0.4, 0.5) is 4.39 Å². The Morgan fingerprint density at radius 2 is 1.78 bits per heavy atom. The highest BCUT2D eigenvalue weighted by Crippen LogP contribution is 2.50. The van der Waals surface area contributed by atoms with Gasteiger partial charge < -0.3 is 19.7 Å². The van der Waals surface area contributed by atoms with Crippen molar-refractivity contribution in [3.05, 3.63) is 54.0 Å². The molecule has 0 radical (unpaired) electrons. The lowest BCUT2D eigenvalue weighted by Crippen LogP contribution is -2.02. The first kappa shape index (κ1) is 17.0. The summed E-state index contributed by atoms with van der Waals surface area (Å²) < 4.78 is 25.8. The predicted molar refractivity (Wildman–Crippen MR) is 99.2 cm³/mol. The Kier molecular flexibility index (Phi) is 3.99. The monoisotopic (exact) mass is 368 g/mol. The van der Waals surface area contributed by atoms with Gasteiger partial charge in [0.15, 0.2) is 5.75 Å². The molecule has 2 aromatic carbocycles. The summed E-state index contributed by atoms with van der Waals surface area (Å²) in [7, 11) is 2.98. The van der Waals surface area contributed by atoms with Crippen LogP contribution in [0, 0.1) is 5.82 Å². The number of benzene rings is 2. The zero-order valence-electron chi connectivity index (χ0n) is 14.7. The highest BCUT2D eigenvalue weighted by Gasteiger charge is 2.27. The maximum atomic E-state index is 13.2. The third kappa shape index (κ3) is 2.51. The molecule has 0 aliphatic rings. The molecule has 4 rings (SSSR count). The van der Waals surface area contributed by atoms with Crippen LogP contribution in [0.25, 0.3) is 21.7 Å². The zero-order valence-corrected chi connectivity index (χ0v) is 14.7. The number of nitrogens with zero attached hydrogens (tertiary/aromatic N) is 2. The van der Waals surface area contributed by atoms with Crippen molar-refractivity contribution in [2.45, 2.75) is 6.54 Å². The average Bonchev–Trinajstić information content (AvgIpc) is 2.96. The van der Waals surface area contributed by atoms with Gasteiger partial charge in [-0.2, -0.15) is 0 Å². The first-order valence-electron chi connectivity index (χ1n) is 8.24. The molecular formula is C20H17FN2O4. The molecule has 2 N–H and O–H groups in total. The van der Waals surface area contributed by atoms with Crippen molar-refractivity contribution >= 4 is 21.7 Å². The molecule has 0 saturated heterocycles. The van der Waals surface area contributed by atoms with Gasteiger partial charge in [-0.1, -0.05) is 12.1 Å². The van der Waals surface area contributed by atoms with E-state index >= 15 is 0 Å². The van der Waals surface area contributed by atoms with E-state index in [2.05, 4.69) is 4.98 Å². The van der Waals surface area contributed by atoms with Crippen LogP contribution in [0.5, 0.6) is 23.3 Å². The molecule has 27 heavy (non-hydrogen) atoms. The summed E-state index contributed by atoms with van der Waals surface area (Å²) >= 11 is 0. The van der Waals surface area contributed by atoms with Gasteiger partial charge in [0.25, 0.3) is 0 Å². The average molecular weight is 368 g/mol. The van der Waals surface area contributed by atoms with Crippen LogP contribution in [0.2, 0.25) is 0 Å². The van der Waals surface area contributed by atoms with Crippen molar-refractivity contribution < 1.29 is 24.1 Å². The van der Waals surface area contributed by atoms with E-state index in [1.807, 2.05) is 0 Å². The van der Waals surface area contributed by atoms with Gasteiger partial charge in [0.05, 0.1) is 31.5 Å². The number of halogens is 1. The number of hydrogen-bond donors (Lipinski definition) is 2. The molecule has 4 aromatic rings. The number of methoxy groups -OCH3 is 2. The Balaban J connectivity index is 2.06. The third-order valence-electron chi connectivity index (χ3n) is 4.58. The molecule has 0 aliphatic carbocycles. The number of rotatable bonds is 4. The highest BCUT2D eigenvalue weighted by molar-refractivity contribution is 6.13. The zero-order chi connectivity index (χ0) is 19.1. The van der Waals surface area contributed by atoms with Gasteiger partial charge in [-0.05, 0) is 29.8 Å². The lowest BCUT2D eigenvalue weighted by molar-refractivity contribution is 0.354. The van der Waals surface area contributed by atoms with E-state index in [9.17, 15) is 14.6 Å². The summed E-state index contributed by atoms with van der Waals surface area (Å²) in [4.78, 5) is 4.21. The van der Waals surface area contributed by atoms with Crippen LogP contribution in [-0.4, -0.2) is 34.0 Å². The molecule has 2 heterocycles. The molecule has 138 valence electrons.